The molecule has 2 unspecified atom stereocenters. The zero-order chi connectivity index (χ0) is 20.7. The van der Waals surface area contributed by atoms with Gasteiger partial charge in [-0.15, -0.1) is 0 Å². The summed E-state index contributed by atoms with van der Waals surface area (Å²) in [7, 11) is 0. The lowest BCUT2D eigenvalue weighted by Gasteiger charge is -2.39. The van der Waals surface area contributed by atoms with Gasteiger partial charge in [0.25, 0.3) is 0 Å². The van der Waals surface area contributed by atoms with Crippen molar-refractivity contribution in [3.05, 3.63) is 48.7 Å². The summed E-state index contributed by atoms with van der Waals surface area (Å²) in [6.45, 7) is 3.42. The van der Waals surface area contributed by atoms with E-state index in [2.05, 4.69) is 30.2 Å². The first-order valence-corrected chi connectivity index (χ1v) is 10.5. The summed E-state index contributed by atoms with van der Waals surface area (Å²) in [5, 5.41) is 14.6. The van der Waals surface area contributed by atoms with Crippen molar-refractivity contribution >= 4 is 22.8 Å². The normalized spacial score (nSPS) is 22.1. The van der Waals surface area contributed by atoms with Crippen LogP contribution in [0.3, 0.4) is 0 Å². The molecule has 2 fully saturated rings. The lowest BCUT2D eigenvalue weighted by molar-refractivity contribution is -0.129. The van der Waals surface area contributed by atoms with Gasteiger partial charge in [0.1, 0.15) is 23.9 Å². The summed E-state index contributed by atoms with van der Waals surface area (Å²) in [5.41, 5.74) is 1.40. The molecule has 1 amide bonds. The molecule has 8 nitrogen and oxygen atoms in total. The number of amides is 1. The highest BCUT2D eigenvalue weighted by atomic mass is 16.3. The smallest absolute Gasteiger partial charge is 0.224 e. The number of anilines is 1. The molecule has 3 aromatic rings. The van der Waals surface area contributed by atoms with Gasteiger partial charge in [-0.2, -0.15) is 0 Å². The Bertz CT molecular complexity index is 1050. The van der Waals surface area contributed by atoms with Crippen LogP contribution in [0.4, 0.5) is 5.82 Å². The van der Waals surface area contributed by atoms with Crippen LogP contribution in [-0.2, 0) is 4.79 Å². The number of rotatable bonds is 5. The number of carbonyl (C=O) groups is 1. The number of aliphatic hydroxyl groups excluding tert-OH is 1. The van der Waals surface area contributed by atoms with E-state index >= 15 is 0 Å². The van der Waals surface area contributed by atoms with E-state index in [-0.39, 0.29) is 17.2 Å². The third kappa shape index (κ3) is 3.31. The Hall–Kier alpha value is -3.00. The molecule has 3 atom stereocenters. The predicted molar refractivity (Wildman–Crippen MR) is 113 cm³/mol. The maximum absolute atomic E-state index is 13.1. The molecule has 0 aromatic carbocycles. The molecular weight excluding hydrogens is 380 g/mol. The molecule has 1 aliphatic carbocycles. The molecule has 2 aliphatic rings. The van der Waals surface area contributed by atoms with E-state index in [0.717, 1.165) is 49.2 Å². The highest BCUT2D eigenvalue weighted by Crippen LogP contribution is 2.56. The van der Waals surface area contributed by atoms with Crippen molar-refractivity contribution in [1.82, 2.24) is 25.3 Å². The number of aromatic nitrogens is 4. The van der Waals surface area contributed by atoms with E-state index in [1.54, 1.807) is 18.6 Å². The quantitative estimate of drug-likeness (QED) is 0.600. The molecule has 156 valence electrons. The van der Waals surface area contributed by atoms with E-state index < -0.39 is 12.1 Å². The fourth-order valence-corrected chi connectivity index (χ4v) is 4.74. The van der Waals surface area contributed by atoms with Crippen molar-refractivity contribution in [3.8, 4) is 0 Å². The Kier molecular flexibility index (Phi) is 4.66. The summed E-state index contributed by atoms with van der Waals surface area (Å²) < 4.78 is 0. The lowest BCUT2D eigenvalue weighted by atomic mass is 9.81. The molecule has 5 rings (SSSR count). The molecule has 0 radical (unpaired) electrons. The number of fused-ring (bicyclic) bond motifs is 1. The number of nitrogens with one attached hydrogen (secondary N) is 2. The van der Waals surface area contributed by atoms with Gasteiger partial charge in [-0.25, -0.2) is 9.97 Å². The van der Waals surface area contributed by atoms with Crippen molar-refractivity contribution in [1.29, 1.82) is 0 Å². The number of hydrogen-bond donors (Lipinski definition) is 3. The fraction of sp³-hybridized carbons (Fsp3) is 0.455. The molecule has 1 spiro atoms. The van der Waals surface area contributed by atoms with E-state index in [4.69, 9.17) is 0 Å². The topological polar surface area (TPSA) is 107 Å². The minimum absolute atomic E-state index is 0.00835. The Morgan fingerprint density at radius 2 is 2.17 bits per heavy atom. The third-order valence-corrected chi connectivity index (χ3v) is 6.61. The van der Waals surface area contributed by atoms with Gasteiger partial charge in [0.2, 0.25) is 5.91 Å². The standard InChI is InChI=1S/C22H26N6O2/c1-14(18(29)17-4-2-3-9-23-17)27-21(30)16-6-11-28(12-22(16)7-8-22)20-15-5-10-24-19(15)25-13-26-20/h2-5,9-10,13-14,16,18,29H,6-8,11-12H2,1H3,(H,27,30)(H,24,25,26)/t14?,16-,18?/m1/s1. The molecule has 8 heteroatoms. The number of pyridine rings is 1. The van der Waals surface area contributed by atoms with Crippen molar-refractivity contribution in [2.24, 2.45) is 11.3 Å². The second-order valence-electron chi connectivity index (χ2n) is 8.56. The summed E-state index contributed by atoms with van der Waals surface area (Å²) in [6, 6.07) is 7.02. The first-order valence-electron chi connectivity index (χ1n) is 10.5. The number of aliphatic hydroxyl groups is 1. The zero-order valence-corrected chi connectivity index (χ0v) is 17.0. The van der Waals surface area contributed by atoms with Gasteiger partial charge in [0, 0.05) is 31.4 Å². The maximum Gasteiger partial charge on any atom is 0.224 e. The van der Waals surface area contributed by atoms with Gasteiger partial charge < -0.3 is 20.3 Å². The van der Waals surface area contributed by atoms with E-state index in [0.29, 0.717) is 5.69 Å². The summed E-state index contributed by atoms with van der Waals surface area (Å²) in [5.74, 6) is 0.921. The van der Waals surface area contributed by atoms with E-state index in [1.165, 1.54) is 0 Å². The van der Waals surface area contributed by atoms with Crippen molar-refractivity contribution in [3.63, 3.8) is 0 Å². The van der Waals surface area contributed by atoms with Gasteiger partial charge in [0.05, 0.1) is 17.1 Å². The molecule has 30 heavy (non-hydrogen) atoms. The highest BCUT2D eigenvalue weighted by molar-refractivity contribution is 5.87. The average molecular weight is 406 g/mol. The third-order valence-electron chi connectivity index (χ3n) is 6.61. The van der Waals surface area contributed by atoms with Crippen LogP contribution < -0.4 is 10.2 Å². The Morgan fingerprint density at radius 3 is 2.93 bits per heavy atom. The summed E-state index contributed by atoms with van der Waals surface area (Å²) in [4.78, 5) is 31.6. The molecule has 1 aliphatic heterocycles. The second-order valence-corrected chi connectivity index (χ2v) is 8.56. The molecule has 0 bridgehead atoms. The number of piperidine rings is 1. The van der Waals surface area contributed by atoms with Gasteiger partial charge >= 0.3 is 0 Å². The first-order chi connectivity index (χ1) is 14.6. The van der Waals surface area contributed by atoms with Crippen molar-refractivity contribution in [2.45, 2.75) is 38.3 Å². The number of nitrogens with zero attached hydrogens (tertiary/aromatic N) is 4. The number of aromatic amines is 1. The Labute approximate surface area is 174 Å². The van der Waals surface area contributed by atoms with Crippen LogP contribution in [0, 0.1) is 11.3 Å². The average Bonchev–Trinajstić information content (AvgIpc) is 3.34. The number of H-pyrrole nitrogens is 1. The summed E-state index contributed by atoms with van der Waals surface area (Å²) >= 11 is 0. The molecule has 1 saturated heterocycles. The molecular formula is C22H26N6O2. The minimum Gasteiger partial charge on any atom is -0.385 e. The Morgan fingerprint density at radius 1 is 1.30 bits per heavy atom. The SMILES string of the molecule is CC(NC(=O)[C@H]1CCN(c2ncnc3[nH]ccc23)CC12CC2)C(O)c1ccccn1. The largest absolute Gasteiger partial charge is 0.385 e. The van der Waals surface area contributed by atoms with E-state index in [9.17, 15) is 9.90 Å². The molecule has 4 heterocycles. The van der Waals surface area contributed by atoms with Crippen LogP contribution >= 0.6 is 0 Å². The lowest BCUT2D eigenvalue weighted by Crippen LogP contribution is -2.50. The van der Waals surface area contributed by atoms with Crippen LogP contribution in [0.2, 0.25) is 0 Å². The van der Waals surface area contributed by atoms with Crippen LogP contribution in [0.25, 0.3) is 11.0 Å². The minimum atomic E-state index is -0.826. The monoisotopic (exact) mass is 406 g/mol. The fourth-order valence-electron chi connectivity index (χ4n) is 4.74. The van der Waals surface area contributed by atoms with Crippen molar-refractivity contribution < 1.29 is 9.90 Å². The predicted octanol–water partition coefficient (Wildman–Crippen LogP) is 2.20. The van der Waals surface area contributed by atoms with Gasteiger partial charge in [-0.05, 0) is 49.8 Å². The zero-order valence-electron chi connectivity index (χ0n) is 17.0. The van der Waals surface area contributed by atoms with E-state index in [1.807, 2.05) is 31.3 Å². The van der Waals surface area contributed by atoms with Crippen molar-refractivity contribution in [2.75, 3.05) is 18.0 Å². The number of carbonyl (C=O) groups excluding carboxylic acids is 1. The summed E-state index contributed by atoms with van der Waals surface area (Å²) in [6.07, 6.45) is 7.15. The molecule has 3 aromatic heterocycles. The number of hydrogen-bond acceptors (Lipinski definition) is 6. The Balaban J connectivity index is 1.28. The van der Waals surface area contributed by atoms with Gasteiger partial charge in [-0.3, -0.25) is 9.78 Å². The van der Waals surface area contributed by atoms with Crippen LogP contribution in [0.15, 0.2) is 43.0 Å². The first kappa shape index (κ1) is 19.0. The molecule has 1 saturated carbocycles. The van der Waals surface area contributed by atoms with Crippen LogP contribution in [0.1, 0.15) is 38.0 Å². The van der Waals surface area contributed by atoms with Gasteiger partial charge in [-0.1, -0.05) is 6.07 Å². The second kappa shape index (κ2) is 7.36. The highest BCUT2D eigenvalue weighted by Gasteiger charge is 2.55. The molecule has 3 N–H and O–H groups in total. The van der Waals surface area contributed by atoms with Crippen LogP contribution in [0.5, 0.6) is 0 Å². The van der Waals surface area contributed by atoms with Gasteiger partial charge in [0.15, 0.2) is 0 Å². The maximum atomic E-state index is 13.1. The van der Waals surface area contributed by atoms with Crippen LogP contribution in [-0.4, -0.2) is 50.1 Å².